The van der Waals surface area contributed by atoms with Gasteiger partial charge in [0.15, 0.2) is 0 Å². The minimum absolute atomic E-state index is 0.182. The molecule has 0 spiro atoms. The molecule has 0 fully saturated rings. The predicted molar refractivity (Wildman–Crippen MR) is 67.4 cm³/mol. The lowest BCUT2D eigenvalue weighted by Crippen LogP contribution is -2.18. The van der Waals surface area contributed by atoms with Crippen molar-refractivity contribution in [3.05, 3.63) is 33.4 Å². The Hall–Kier alpha value is -2.11. The zero-order valence-corrected chi connectivity index (χ0v) is 10.9. The van der Waals surface area contributed by atoms with Crippen LogP contribution in [0, 0.1) is 20.8 Å². The van der Waals surface area contributed by atoms with E-state index < -0.39 is 0 Å². The van der Waals surface area contributed by atoms with E-state index in [0.717, 1.165) is 17.0 Å². The summed E-state index contributed by atoms with van der Waals surface area (Å²) in [5.41, 5.74) is 2.26. The third-order valence-electron chi connectivity index (χ3n) is 2.66. The first-order valence-electron chi connectivity index (χ1n) is 5.80. The lowest BCUT2D eigenvalue weighted by Gasteiger charge is -2.10. The quantitative estimate of drug-likeness (QED) is 0.888. The molecule has 2 heterocycles. The monoisotopic (exact) mass is 248 g/mol. The second-order valence-electron chi connectivity index (χ2n) is 4.08. The lowest BCUT2D eigenvalue weighted by molar-refractivity contribution is 0.322. The van der Waals surface area contributed by atoms with Crippen LogP contribution >= 0.6 is 0 Å². The van der Waals surface area contributed by atoms with Crippen LogP contribution in [0.15, 0.2) is 10.9 Å². The van der Waals surface area contributed by atoms with Gasteiger partial charge in [-0.05, 0) is 27.7 Å². The van der Waals surface area contributed by atoms with Crippen LogP contribution in [0.1, 0.15) is 23.9 Å². The van der Waals surface area contributed by atoms with E-state index in [9.17, 15) is 4.79 Å². The first-order chi connectivity index (χ1) is 8.52. The van der Waals surface area contributed by atoms with Gasteiger partial charge in [-0.25, -0.2) is 4.98 Å². The molecule has 0 saturated carbocycles. The number of hydrogen-bond acceptors (Lipinski definition) is 4. The van der Waals surface area contributed by atoms with Crippen molar-refractivity contribution in [1.82, 2.24) is 19.7 Å². The molecular formula is C12H16N4O2. The van der Waals surface area contributed by atoms with Crippen LogP contribution in [-0.2, 0) is 0 Å². The largest absolute Gasteiger partial charge is 0.478 e. The Balaban J connectivity index is 2.58. The van der Waals surface area contributed by atoms with Crippen molar-refractivity contribution in [3.8, 4) is 11.8 Å². The van der Waals surface area contributed by atoms with Crippen molar-refractivity contribution < 1.29 is 4.74 Å². The molecule has 2 aromatic heterocycles. The van der Waals surface area contributed by atoms with Gasteiger partial charge in [0.25, 0.3) is 11.5 Å². The number of H-pyrrole nitrogens is 1. The number of nitrogens with one attached hydrogen (secondary N) is 1. The summed E-state index contributed by atoms with van der Waals surface area (Å²) in [6.45, 7) is 7.98. The van der Waals surface area contributed by atoms with Crippen molar-refractivity contribution in [1.29, 1.82) is 0 Å². The standard InChI is InChI=1S/C12H16N4O2/c1-5-18-11-8(3)9(4)13-12(14-11)16-10(17)6-7(2)15-16/h6,15H,5H2,1-4H3. The van der Waals surface area contributed by atoms with E-state index in [4.69, 9.17) is 4.74 Å². The molecule has 6 nitrogen and oxygen atoms in total. The third-order valence-corrected chi connectivity index (χ3v) is 2.66. The fraction of sp³-hybridized carbons (Fsp3) is 0.417. The second-order valence-corrected chi connectivity index (χ2v) is 4.08. The minimum atomic E-state index is -0.182. The van der Waals surface area contributed by atoms with Crippen LogP contribution in [0.5, 0.6) is 5.88 Å². The van der Waals surface area contributed by atoms with Gasteiger partial charge in [0.2, 0.25) is 5.88 Å². The van der Waals surface area contributed by atoms with Crippen molar-refractivity contribution in [2.75, 3.05) is 6.61 Å². The van der Waals surface area contributed by atoms with E-state index in [1.165, 1.54) is 10.7 Å². The molecule has 0 saturated heterocycles. The Morgan fingerprint density at radius 2 is 2.06 bits per heavy atom. The fourth-order valence-electron chi connectivity index (χ4n) is 1.63. The van der Waals surface area contributed by atoms with Crippen LogP contribution < -0.4 is 10.3 Å². The molecule has 0 aliphatic heterocycles. The number of aryl methyl sites for hydroxylation is 2. The Morgan fingerprint density at radius 3 is 2.61 bits per heavy atom. The minimum Gasteiger partial charge on any atom is -0.478 e. The maximum absolute atomic E-state index is 11.7. The molecule has 96 valence electrons. The Morgan fingerprint density at radius 1 is 1.33 bits per heavy atom. The molecule has 0 radical (unpaired) electrons. The van der Waals surface area contributed by atoms with Gasteiger partial charge in [0.05, 0.1) is 6.61 Å². The van der Waals surface area contributed by atoms with E-state index in [0.29, 0.717) is 18.4 Å². The highest BCUT2D eigenvalue weighted by Gasteiger charge is 2.12. The van der Waals surface area contributed by atoms with Crippen molar-refractivity contribution in [2.24, 2.45) is 0 Å². The fourth-order valence-corrected chi connectivity index (χ4v) is 1.63. The van der Waals surface area contributed by atoms with E-state index >= 15 is 0 Å². The maximum atomic E-state index is 11.7. The number of aromatic nitrogens is 4. The summed E-state index contributed by atoms with van der Waals surface area (Å²) in [6, 6.07) is 1.50. The highest BCUT2D eigenvalue weighted by atomic mass is 16.5. The van der Waals surface area contributed by atoms with Crippen molar-refractivity contribution in [3.63, 3.8) is 0 Å². The molecule has 2 aromatic rings. The lowest BCUT2D eigenvalue weighted by atomic mass is 10.2. The zero-order valence-electron chi connectivity index (χ0n) is 10.9. The highest BCUT2D eigenvalue weighted by Crippen LogP contribution is 2.18. The van der Waals surface area contributed by atoms with Gasteiger partial charge < -0.3 is 4.74 Å². The molecule has 1 N–H and O–H groups in total. The summed E-state index contributed by atoms with van der Waals surface area (Å²) >= 11 is 0. The van der Waals surface area contributed by atoms with E-state index in [1.807, 2.05) is 27.7 Å². The topological polar surface area (TPSA) is 72.8 Å². The van der Waals surface area contributed by atoms with Gasteiger partial charge >= 0.3 is 0 Å². The molecular weight excluding hydrogens is 232 g/mol. The number of aromatic amines is 1. The zero-order chi connectivity index (χ0) is 13.3. The Bertz CT molecular complexity index is 627. The molecule has 0 amide bonds. The number of hydrogen-bond donors (Lipinski definition) is 1. The summed E-state index contributed by atoms with van der Waals surface area (Å²) in [5, 5.41) is 2.90. The molecule has 0 aromatic carbocycles. The predicted octanol–water partition coefficient (Wildman–Crippen LogP) is 1.28. The summed E-state index contributed by atoms with van der Waals surface area (Å²) in [6.07, 6.45) is 0. The number of ether oxygens (including phenoxy) is 1. The smallest absolute Gasteiger partial charge is 0.274 e. The molecule has 18 heavy (non-hydrogen) atoms. The van der Waals surface area contributed by atoms with Crippen LogP contribution in [0.25, 0.3) is 5.95 Å². The summed E-state index contributed by atoms with van der Waals surface area (Å²) in [4.78, 5) is 20.3. The van der Waals surface area contributed by atoms with Crippen molar-refractivity contribution in [2.45, 2.75) is 27.7 Å². The summed E-state index contributed by atoms with van der Waals surface area (Å²) < 4.78 is 6.76. The first kappa shape index (κ1) is 12.3. The molecule has 6 heteroatoms. The molecule has 0 aliphatic rings. The average molecular weight is 248 g/mol. The number of nitrogens with zero attached hydrogens (tertiary/aromatic N) is 3. The second kappa shape index (κ2) is 4.64. The Kier molecular flexibility index (Phi) is 3.18. The van der Waals surface area contributed by atoms with Gasteiger partial charge in [-0.2, -0.15) is 9.67 Å². The maximum Gasteiger partial charge on any atom is 0.274 e. The van der Waals surface area contributed by atoms with E-state index in [2.05, 4.69) is 15.1 Å². The SMILES string of the molecule is CCOc1nc(-n2[nH]c(C)cc2=O)nc(C)c1C. The molecule has 0 bridgehead atoms. The molecule has 0 atom stereocenters. The highest BCUT2D eigenvalue weighted by molar-refractivity contribution is 5.32. The summed E-state index contributed by atoms with van der Waals surface area (Å²) in [7, 11) is 0. The normalized spacial score (nSPS) is 10.7. The van der Waals surface area contributed by atoms with Crippen LogP contribution in [0.4, 0.5) is 0 Å². The molecule has 2 rings (SSSR count). The van der Waals surface area contributed by atoms with Crippen LogP contribution in [0.2, 0.25) is 0 Å². The average Bonchev–Trinajstić information content (AvgIpc) is 2.64. The van der Waals surface area contributed by atoms with Crippen molar-refractivity contribution >= 4 is 0 Å². The molecule has 0 unspecified atom stereocenters. The third kappa shape index (κ3) is 2.13. The van der Waals surface area contributed by atoms with Gasteiger partial charge in [0, 0.05) is 23.0 Å². The first-order valence-corrected chi connectivity index (χ1v) is 5.80. The number of rotatable bonds is 3. The Labute approximate surface area is 105 Å². The van der Waals surface area contributed by atoms with E-state index in [-0.39, 0.29) is 5.56 Å². The van der Waals surface area contributed by atoms with Gasteiger partial charge in [-0.15, -0.1) is 0 Å². The van der Waals surface area contributed by atoms with Gasteiger partial charge in [-0.3, -0.25) is 9.89 Å². The van der Waals surface area contributed by atoms with Gasteiger partial charge in [0.1, 0.15) is 0 Å². The van der Waals surface area contributed by atoms with E-state index in [1.54, 1.807) is 0 Å². The molecule has 0 aliphatic carbocycles. The summed E-state index contributed by atoms with van der Waals surface area (Å²) in [5.74, 6) is 0.818. The van der Waals surface area contributed by atoms with Gasteiger partial charge in [-0.1, -0.05) is 0 Å². The van der Waals surface area contributed by atoms with Crippen LogP contribution in [0.3, 0.4) is 0 Å². The van der Waals surface area contributed by atoms with Crippen LogP contribution in [-0.4, -0.2) is 26.4 Å².